The zero-order valence-corrected chi connectivity index (χ0v) is 17.6. The van der Waals surface area contributed by atoms with Crippen LogP contribution in [0.3, 0.4) is 0 Å². The lowest BCUT2D eigenvalue weighted by molar-refractivity contribution is 0.0976. The average Bonchev–Trinajstić information content (AvgIpc) is 2.80. The van der Waals surface area contributed by atoms with Crippen LogP contribution in [-0.4, -0.2) is 26.6 Å². The lowest BCUT2D eigenvalue weighted by Crippen LogP contribution is -2.16. The van der Waals surface area contributed by atoms with Crippen LogP contribution in [0.4, 0.5) is 5.69 Å². The number of ketones is 1. The number of nitrogens with one attached hydrogen (secondary N) is 1. The smallest absolute Gasteiger partial charge is 0.165 e. The Kier molecular flexibility index (Phi) is 7.33. The van der Waals surface area contributed by atoms with Crippen molar-refractivity contribution in [1.29, 1.82) is 0 Å². The van der Waals surface area contributed by atoms with Gasteiger partial charge in [0.05, 0.1) is 26.9 Å². The largest absolute Gasteiger partial charge is 0.494 e. The highest BCUT2D eigenvalue weighted by molar-refractivity contribution is 5.97. The molecule has 30 heavy (non-hydrogen) atoms. The molecule has 1 atom stereocenters. The summed E-state index contributed by atoms with van der Waals surface area (Å²) >= 11 is 0. The molecular formula is C25H27NO4. The summed E-state index contributed by atoms with van der Waals surface area (Å²) in [6.07, 6.45) is 0.298. The standard InChI is InChI=1S/C25H27NO4/c1-4-30-21-13-11-20(12-14-21)26-22(18-8-6-5-7-9-18)17-23(27)19-10-15-24(28-2)25(16-19)29-3/h5-16,22,26H,4,17H2,1-3H3. The van der Waals surface area contributed by atoms with Gasteiger partial charge in [-0.2, -0.15) is 0 Å². The molecule has 0 amide bonds. The number of hydrogen-bond acceptors (Lipinski definition) is 5. The van der Waals surface area contributed by atoms with E-state index in [1.807, 2.05) is 61.5 Å². The van der Waals surface area contributed by atoms with Gasteiger partial charge in [-0.15, -0.1) is 0 Å². The Morgan fingerprint density at radius 1 is 0.900 bits per heavy atom. The molecule has 0 spiro atoms. The van der Waals surface area contributed by atoms with Crippen molar-refractivity contribution in [2.45, 2.75) is 19.4 Å². The molecule has 0 heterocycles. The van der Waals surface area contributed by atoms with Crippen molar-refractivity contribution < 1.29 is 19.0 Å². The Labute approximate surface area is 177 Å². The first-order chi connectivity index (χ1) is 14.6. The summed E-state index contributed by atoms with van der Waals surface area (Å²) in [5, 5.41) is 3.48. The lowest BCUT2D eigenvalue weighted by atomic mass is 9.97. The number of carbonyl (C=O) groups is 1. The van der Waals surface area contributed by atoms with Crippen LogP contribution >= 0.6 is 0 Å². The maximum absolute atomic E-state index is 13.1. The van der Waals surface area contributed by atoms with Gasteiger partial charge in [0, 0.05) is 17.7 Å². The van der Waals surface area contributed by atoms with Gasteiger partial charge in [0.25, 0.3) is 0 Å². The number of methoxy groups -OCH3 is 2. The van der Waals surface area contributed by atoms with E-state index in [1.54, 1.807) is 32.4 Å². The summed E-state index contributed by atoms with van der Waals surface area (Å²) < 4.78 is 16.1. The van der Waals surface area contributed by atoms with Crippen LogP contribution < -0.4 is 19.5 Å². The van der Waals surface area contributed by atoms with E-state index in [9.17, 15) is 4.79 Å². The molecule has 0 saturated heterocycles. The summed E-state index contributed by atoms with van der Waals surface area (Å²) in [5.41, 5.74) is 2.55. The van der Waals surface area contributed by atoms with Crippen molar-refractivity contribution in [3.8, 4) is 17.2 Å². The molecule has 0 radical (unpaired) electrons. The van der Waals surface area contributed by atoms with E-state index in [2.05, 4.69) is 5.32 Å². The van der Waals surface area contributed by atoms with E-state index in [4.69, 9.17) is 14.2 Å². The first-order valence-electron chi connectivity index (χ1n) is 9.94. The zero-order chi connectivity index (χ0) is 21.3. The normalized spacial score (nSPS) is 11.4. The predicted molar refractivity (Wildman–Crippen MR) is 119 cm³/mol. The summed E-state index contributed by atoms with van der Waals surface area (Å²) in [5.74, 6) is 1.98. The summed E-state index contributed by atoms with van der Waals surface area (Å²) in [6.45, 7) is 2.58. The van der Waals surface area contributed by atoms with Crippen LogP contribution in [-0.2, 0) is 0 Å². The van der Waals surface area contributed by atoms with Gasteiger partial charge >= 0.3 is 0 Å². The van der Waals surface area contributed by atoms with Crippen LogP contribution in [0.2, 0.25) is 0 Å². The second-order valence-electron chi connectivity index (χ2n) is 6.76. The molecular weight excluding hydrogens is 378 g/mol. The molecule has 0 fully saturated rings. The number of ether oxygens (including phenoxy) is 3. The topological polar surface area (TPSA) is 56.8 Å². The van der Waals surface area contributed by atoms with Crippen molar-refractivity contribution in [3.63, 3.8) is 0 Å². The summed E-state index contributed by atoms with van der Waals surface area (Å²) in [4.78, 5) is 13.1. The Hall–Kier alpha value is -3.47. The van der Waals surface area contributed by atoms with Gasteiger partial charge < -0.3 is 19.5 Å². The Bertz CT molecular complexity index is 955. The lowest BCUT2D eigenvalue weighted by Gasteiger charge is -2.20. The molecule has 3 aromatic carbocycles. The SMILES string of the molecule is CCOc1ccc(NC(CC(=O)c2ccc(OC)c(OC)c2)c2ccccc2)cc1. The van der Waals surface area contributed by atoms with Crippen LogP contribution in [0.1, 0.15) is 35.3 Å². The summed E-state index contributed by atoms with van der Waals surface area (Å²) in [6, 6.07) is 22.8. The molecule has 5 nitrogen and oxygen atoms in total. The molecule has 3 rings (SSSR count). The third kappa shape index (κ3) is 5.32. The highest BCUT2D eigenvalue weighted by Crippen LogP contribution is 2.30. The average molecular weight is 405 g/mol. The van der Waals surface area contributed by atoms with Gasteiger partial charge in [0.2, 0.25) is 0 Å². The number of rotatable bonds is 10. The van der Waals surface area contributed by atoms with Crippen LogP contribution in [0.25, 0.3) is 0 Å². The van der Waals surface area contributed by atoms with E-state index in [-0.39, 0.29) is 11.8 Å². The minimum absolute atomic E-state index is 0.0169. The van der Waals surface area contributed by atoms with Gasteiger partial charge in [-0.1, -0.05) is 30.3 Å². The number of hydrogen-bond donors (Lipinski definition) is 1. The van der Waals surface area contributed by atoms with Gasteiger partial charge in [0.1, 0.15) is 5.75 Å². The van der Waals surface area contributed by atoms with Crippen molar-refractivity contribution in [2.75, 3.05) is 26.1 Å². The van der Waals surface area contributed by atoms with Crippen molar-refractivity contribution >= 4 is 11.5 Å². The van der Waals surface area contributed by atoms with Gasteiger partial charge in [-0.25, -0.2) is 0 Å². The minimum atomic E-state index is -0.176. The molecule has 156 valence electrons. The molecule has 1 N–H and O–H groups in total. The molecule has 3 aromatic rings. The number of carbonyl (C=O) groups excluding carboxylic acids is 1. The van der Waals surface area contributed by atoms with E-state index in [0.717, 1.165) is 17.0 Å². The first kappa shape index (κ1) is 21.2. The quantitative estimate of drug-likeness (QED) is 0.450. The third-order valence-electron chi connectivity index (χ3n) is 4.80. The molecule has 0 aliphatic heterocycles. The highest BCUT2D eigenvalue weighted by Gasteiger charge is 2.19. The second kappa shape index (κ2) is 10.3. The fourth-order valence-corrected chi connectivity index (χ4v) is 3.27. The molecule has 0 bridgehead atoms. The predicted octanol–water partition coefficient (Wildman–Crippen LogP) is 5.53. The van der Waals surface area contributed by atoms with Crippen molar-refractivity contribution in [1.82, 2.24) is 0 Å². The maximum atomic E-state index is 13.1. The molecule has 0 aliphatic carbocycles. The molecule has 5 heteroatoms. The van der Waals surface area contributed by atoms with Gasteiger partial charge in [0.15, 0.2) is 17.3 Å². The minimum Gasteiger partial charge on any atom is -0.494 e. The van der Waals surface area contributed by atoms with E-state index < -0.39 is 0 Å². The molecule has 0 saturated carbocycles. The molecule has 0 aliphatic rings. The summed E-state index contributed by atoms with van der Waals surface area (Å²) in [7, 11) is 3.14. The van der Waals surface area contributed by atoms with Crippen LogP contribution in [0.5, 0.6) is 17.2 Å². The zero-order valence-electron chi connectivity index (χ0n) is 17.6. The first-order valence-corrected chi connectivity index (χ1v) is 9.94. The molecule has 1 unspecified atom stereocenters. The van der Waals surface area contributed by atoms with Gasteiger partial charge in [-0.3, -0.25) is 4.79 Å². The Morgan fingerprint density at radius 2 is 1.60 bits per heavy atom. The number of Topliss-reactive ketones (excluding diaryl/α,β-unsaturated/α-hetero) is 1. The second-order valence-corrected chi connectivity index (χ2v) is 6.76. The Balaban J connectivity index is 1.81. The maximum Gasteiger partial charge on any atom is 0.165 e. The fourth-order valence-electron chi connectivity index (χ4n) is 3.27. The number of benzene rings is 3. The van der Waals surface area contributed by atoms with E-state index >= 15 is 0 Å². The van der Waals surface area contributed by atoms with E-state index in [0.29, 0.717) is 30.1 Å². The third-order valence-corrected chi connectivity index (χ3v) is 4.80. The van der Waals surface area contributed by atoms with Crippen molar-refractivity contribution in [3.05, 3.63) is 83.9 Å². The van der Waals surface area contributed by atoms with E-state index in [1.165, 1.54) is 0 Å². The monoisotopic (exact) mass is 405 g/mol. The molecule has 0 aromatic heterocycles. The van der Waals surface area contributed by atoms with Gasteiger partial charge in [-0.05, 0) is 55.0 Å². The Morgan fingerprint density at radius 3 is 2.23 bits per heavy atom. The van der Waals surface area contributed by atoms with Crippen LogP contribution in [0.15, 0.2) is 72.8 Å². The van der Waals surface area contributed by atoms with Crippen molar-refractivity contribution in [2.24, 2.45) is 0 Å². The highest BCUT2D eigenvalue weighted by atomic mass is 16.5. The van der Waals surface area contributed by atoms with Crippen LogP contribution in [0, 0.1) is 0 Å². The fraction of sp³-hybridized carbons (Fsp3) is 0.240. The number of anilines is 1.